The van der Waals surface area contributed by atoms with Crippen molar-refractivity contribution in [1.82, 2.24) is 0 Å². The zero-order chi connectivity index (χ0) is 14.9. The minimum atomic E-state index is 0.822. The topological polar surface area (TPSA) is 26.0 Å². The van der Waals surface area contributed by atoms with Gasteiger partial charge in [-0.15, -0.1) is 0 Å². The largest absolute Gasteiger partial charge is 0.399 e. The van der Waals surface area contributed by atoms with Crippen molar-refractivity contribution in [3.8, 4) is 0 Å². The first-order valence-corrected chi connectivity index (χ1v) is 8.86. The second-order valence-electron chi connectivity index (χ2n) is 5.32. The first kappa shape index (κ1) is 19.4. The van der Waals surface area contributed by atoms with E-state index in [4.69, 9.17) is 5.73 Å². The van der Waals surface area contributed by atoms with E-state index < -0.39 is 0 Å². The van der Waals surface area contributed by atoms with Crippen molar-refractivity contribution < 1.29 is 0 Å². The molecule has 0 aliphatic heterocycles. The van der Waals surface area contributed by atoms with E-state index in [1.807, 2.05) is 30.3 Å². The van der Waals surface area contributed by atoms with Crippen LogP contribution in [0.4, 0.5) is 5.69 Å². The van der Waals surface area contributed by atoms with E-state index in [9.17, 15) is 0 Å². The van der Waals surface area contributed by atoms with Gasteiger partial charge in [-0.2, -0.15) is 12.6 Å². The Kier molecular flexibility index (Phi) is 15.9. The van der Waals surface area contributed by atoms with Crippen molar-refractivity contribution in [2.45, 2.75) is 71.1 Å². The molecule has 0 aromatic heterocycles. The summed E-state index contributed by atoms with van der Waals surface area (Å²) >= 11 is 4.20. The van der Waals surface area contributed by atoms with Gasteiger partial charge in [-0.3, -0.25) is 0 Å². The van der Waals surface area contributed by atoms with E-state index in [0.717, 1.165) is 11.4 Å². The lowest BCUT2D eigenvalue weighted by Crippen LogP contribution is -1.81. The van der Waals surface area contributed by atoms with Gasteiger partial charge >= 0.3 is 0 Å². The van der Waals surface area contributed by atoms with Crippen LogP contribution in [0.15, 0.2) is 30.3 Å². The van der Waals surface area contributed by atoms with E-state index >= 15 is 0 Å². The smallest absolute Gasteiger partial charge is 0.0313 e. The molecule has 0 bridgehead atoms. The normalized spacial score (nSPS) is 9.90. The molecule has 1 nitrogen and oxygen atoms in total. The number of hydrogen-bond acceptors (Lipinski definition) is 2. The van der Waals surface area contributed by atoms with Crippen molar-refractivity contribution in [1.29, 1.82) is 0 Å². The lowest BCUT2D eigenvalue weighted by atomic mass is 10.1. The molecule has 1 aromatic carbocycles. The predicted octanol–water partition coefficient (Wildman–Crippen LogP) is 6.11. The Morgan fingerprint density at radius 2 is 1.20 bits per heavy atom. The number of anilines is 1. The fourth-order valence-electron chi connectivity index (χ4n) is 2.05. The number of thiol groups is 1. The minimum Gasteiger partial charge on any atom is -0.399 e. The Bertz CT molecular complexity index is 264. The lowest BCUT2D eigenvalue weighted by molar-refractivity contribution is 0.563. The molecule has 0 unspecified atom stereocenters. The minimum absolute atomic E-state index is 0.822. The molecule has 0 radical (unpaired) electrons. The summed E-state index contributed by atoms with van der Waals surface area (Å²) in [6, 6.07) is 9.49. The van der Waals surface area contributed by atoms with Gasteiger partial charge in [0, 0.05) is 5.69 Å². The maximum Gasteiger partial charge on any atom is 0.0313 e. The standard InChI is InChI=1S/C12H26S.C6H7N/c1-2-3-4-5-6-7-8-9-10-11-12-13;7-6-4-2-1-3-5-6/h13H,2-12H2,1H3;1-5H,7H2. The molecule has 116 valence electrons. The van der Waals surface area contributed by atoms with E-state index in [-0.39, 0.29) is 0 Å². The highest BCUT2D eigenvalue weighted by atomic mass is 32.1. The second-order valence-corrected chi connectivity index (χ2v) is 5.76. The second kappa shape index (κ2) is 16.4. The van der Waals surface area contributed by atoms with Crippen LogP contribution < -0.4 is 5.73 Å². The summed E-state index contributed by atoms with van der Waals surface area (Å²) in [7, 11) is 0. The van der Waals surface area contributed by atoms with Gasteiger partial charge in [0.2, 0.25) is 0 Å². The van der Waals surface area contributed by atoms with Crippen LogP contribution >= 0.6 is 12.6 Å². The van der Waals surface area contributed by atoms with Gasteiger partial charge in [-0.25, -0.2) is 0 Å². The van der Waals surface area contributed by atoms with Crippen LogP contribution in [0.3, 0.4) is 0 Å². The molecule has 0 fully saturated rings. The first-order chi connectivity index (χ1) is 9.81. The van der Waals surface area contributed by atoms with Gasteiger partial charge in [0.15, 0.2) is 0 Å². The van der Waals surface area contributed by atoms with Crippen LogP contribution in [0.2, 0.25) is 0 Å². The maximum atomic E-state index is 5.36. The predicted molar refractivity (Wildman–Crippen MR) is 96.6 cm³/mol. The van der Waals surface area contributed by atoms with Crippen LogP contribution in [-0.2, 0) is 0 Å². The zero-order valence-corrected chi connectivity index (χ0v) is 14.1. The van der Waals surface area contributed by atoms with Gasteiger partial charge in [0.05, 0.1) is 0 Å². The molecule has 0 amide bonds. The van der Waals surface area contributed by atoms with Crippen molar-refractivity contribution in [2.75, 3.05) is 11.5 Å². The fraction of sp³-hybridized carbons (Fsp3) is 0.667. The van der Waals surface area contributed by atoms with Gasteiger partial charge in [-0.1, -0.05) is 82.9 Å². The molecule has 0 aliphatic carbocycles. The number of para-hydroxylation sites is 1. The highest BCUT2D eigenvalue weighted by molar-refractivity contribution is 7.80. The van der Waals surface area contributed by atoms with Crippen LogP contribution in [0.1, 0.15) is 71.1 Å². The summed E-state index contributed by atoms with van der Waals surface area (Å²) in [6.45, 7) is 2.28. The Morgan fingerprint density at radius 3 is 1.55 bits per heavy atom. The molecule has 2 heteroatoms. The quantitative estimate of drug-likeness (QED) is 0.304. The third-order valence-electron chi connectivity index (χ3n) is 3.31. The molecule has 0 heterocycles. The van der Waals surface area contributed by atoms with E-state index in [1.165, 1.54) is 64.2 Å². The molecule has 0 aliphatic rings. The lowest BCUT2D eigenvalue weighted by Gasteiger charge is -2.00. The van der Waals surface area contributed by atoms with Gasteiger partial charge < -0.3 is 5.73 Å². The molecule has 0 atom stereocenters. The van der Waals surface area contributed by atoms with E-state index in [2.05, 4.69) is 19.6 Å². The Balaban J connectivity index is 0.000000428. The Morgan fingerprint density at radius 1 is 0.750 bits per heavy atom. The molecular weight excluding hydrogens is 262 g/mol. The van der Waals surface area contributed by atoms with E-state index in [1.54, 1.807) is 0 Å². The first-order valence-electron chi connectivity index (χ1n) is 8.22. The summed E-state index contributed by atoms with van der Waals surface area (Å²) in [5, 5.41) is 0. The van der Waals surface area contributed by atoms with Crippen molar-refractivity contribution in [3.05, 3.63) is 30.3 Å². The average Bonchev–Trinajstić information content (AvgIpc) is 2.47. The third kappa shape index (κ3) is 15.4. The molecule has 1 aromatic rings. The van der Waals surface area contributed by atoms with Crippen LogP contribution in [-0.4, -0.2) is 5.75 Å². The van der Waals surface area contributed by atoms with Gasteiger partial charge in [0.1, 0.15) is 0 Å². The number of unbranched alkanes of at least 4 members (excludes halogenated alkanes) is 9. The summed E-state index contributed by atoms with van der Waals surface area (Å²) in [5.74, 6) is 1.07. The van der Waals surface area contributed by atoms with Crippen molar-refractivity contribution in [3.63, 3.8) is 0 Å². The van der Waals surface area contributed by atoms with Crippen molar-refractivity contribution >= 4 is 18.3 Å². The summed E-state index contributed by atoms with van der Waals surface area (Å²) < 4.78 is 0. The molecule has 0 saturated heterocycles. The fourth-order valence-corrected chi connectivity index (χ4v) is 2.28. The average molecular weight is 296 g/mol. The van der Waals surface area contributed by atoms with Crippen LogP contribution in [0.5, 0.6) is 0 Å². The summed E-state index contributed by atoms with van der Waals surface area (Å²) in [6.07, 6.45) is 14.2. The maximum absolute atomic E-state index is 5.36. The van der Waals surface area contributed by atoms with Crippen LogP contribution in [0, 0.1) is 0 Å². The monoisotopic (exact) mass is 295 g/mol. The SMILES string of the molecule is CCCCCCCCCCCCS.Nc1ccccc1. The number of nitrogens with two attached hydrogens (primary N) is 1. The van der Waals surface area contributed by atoms with Gasteiger partial charge in [-0.05, 0) is 24.3 Å². The summed E-state index contributed by atoms with van der Waals surface area (Å²) in [5.41, 5.74) is 6.18. The summed E-state index contributed by atoms with van der Waals surface area (Å²) in [4.78, 5) is 0. The number of nitrogen functional groups attached to an aromatic ring is 1. The van der Waals surface area contributed by atoms with Crippen molar-refractivity contribution in [2.24, 2.45) is 0 Å². The number of benzene rings is 1. The highest BCUT2D eigenvalue weighted by Crippen LogP contribution is 2.10. The third-order valence-corrected chi connectivity index (χ3v) is 3.63. The van der Waals surface area contributed by atoms with Crippen LogP contribution in [0.25, 0.3) is 0 Å². The molecule has 0 saturated carbocycles. The van der Waals surface area contributed by atoms with Gasteiger partial charge in [0.25, 0.3) is 0 Å². The number of rotatable bonds is 10. The molecule has 2 N–H and O–H groups in total. The zero-order valence-electron chi connectivity index (χ0n) is 13.2. The molecular formula is C18H33NS. The van der Waals surface area contributed by atoms with E-state index in [0.29, 0.717) is 0 Å². The Hall–Kier alpha value is -0.630. The highest BCUT2D eigenvalue weighted by Gasteiger charge is 1.91. The number of hydrogen-bond donors (Lipinski definition) is 2. The molecule has 1 rings (SSSR count). The Labute approximate surface area is 131 Å². The molecule has 20 heavy (non-hydrogen) atoms. The molecule has 0 spiro atoms.